The molecule has 0 aromatic heterocycles. The zero-order valence-electron chi connectivity index (χ0n) is 16.2. The van der Waals surface area contributed by atoms with Gasteiger partial charge in [0.25, 0.3) is 0 Å². The van der Waals surface area contributed by atoms with Gasteiger partial charge in [-0.15, -0.1) is 0 Å². The summed E-state index contributed by atoms with van der Waals surface area (Å²) in [5.74, 6) is 0.0428. The summed E-state index contributed by atoms with van der Waals surface area (Å²) in [5.41, 5.74) is 1.35. The average molecular weight is 407 g/mol. The molecule has 0 radical (unpaired) electrons. The van der Waals surface area contributed by atoms with Crippen LogP contribution in [0.25, 0.3) is 0 Å². The Morgan fingerprint density at radius 1 is 1.03 bits per heavy atom. The van der Waals surface area contributed by atoms with Crippen LogP contribution < -0.4 is 15.0 Å². The highest BCUT2D eigenvalue weighted by atomic mass is 19.4. The summed E-state index contributed by atoms with van der Waals surface area (Å²) in [4.78, 5) is 15.6. The minimum absolute atomic E-state index is 0.209. The van der Waals surface area contributed by atoms with Crippen LogP contribution in [0, 0.1) is 0 Å². The van der Waals surface area contributed by atoms with Gasteiger partial charge in [-0.3, -0.25) is 9.69 Å². The Bertz CT molecular complexity index is 806. The van der Waals surface area contributed by atoms with Gasteiger partial charge in [0, 0.05) is 31.9 Å². The van der Waals surface area contributed by atoms with Gasteiger partial charge < -0.3 is 15.0 Å². The third kappa shape index (κ3) is 5.41. The number of carbonyl (C=O) groups excluding carboxylic acids is 1. The van der Waals surface area contributed by atoms with Gasteiger partial charge in [0.2, 0.25) is 5.91 Å². The van der Waals surface area contributed by atoms with Crippen molar-refractivity contribution in [1.82, 2.24) is 4.90 Å². The molecule has 1 aliphatic rings. The second-order valence-electron chi connectivity index (χ2n) is 6.87. The van der Waals surface area contributed by atoms with E-state index in [1.54, 1.807) is 37.4 Å². The molecule has 1 heterocycles. The molecule has 1 saturated heterocycles. The minimum atomic E-state index is -4.49. The smallest absolute Gasteiger partial charge is 0.404 e. The van der Waals surface area contributed by atoms with E-state index in [0.717, 1.165) is 5.69 Å². The predicted molar refractivity (Wildman–Crippen MR) is 106 cm³/mol. The Hall–Kier alpha value is -2.74. The number of hydrogen-bond donors (Lipinski definition) is 1. The fourth-order valence-electron chi connectivity index (χ4n) is 3.53. The lowest BCUT2D eigenvalue weighted by Gasteiger charge is -2.40. The van der Waals surface area contributed by atoms with E-state index in [1.165, 1.54) is 4.90 Å². The van der Waals surface area contributed by atoms with Crippen molar-refractivity contribution >= 4 is 17.3 Å². The molecule has 0 aliphatic carbocycles. The molecule has 1 aliphatic heterocycles. The lowest BCUT2D eigenvalue weighted by molar-refractivity contribution is -0.187. The molecule has 0 saturated carbocycles. The molecule has 1 fully saturated rings. The molecule has 29 heavy (non-hydrogen) atoms. The summed E-state index contributed by atoms with van der Waals surface area (Å²) in [6, 6.07) is 14.1. The number of amides is 1. The second-order valence-corrected chi connectivity index (χ2v) is 6.87. The van der Waals surface area contributed by atoms with E-state index in [4.69, 9.17) is 4.74 Å². The van der Waals surface area contributed by atoms with E-state index >= 15 is 0 Å². The van der Waals surface area contributed by atoms with Crippen LogP contribution in [0.2, 0.25) is 0 Å². The van der Waals surface area contributed by atoms with E-state index in [1.807, 2.05) is 29.2 Å². The second kappa shape index (κ2) is 9.17. The number of methoxy groups -OCH3 is 1. The fourth-order valence-corrected chi connectivity index (χ4v) is 3.53. The quantitative estimate of drug-likeness (QED) is 0.792. The molecule has 1 atom stereocenters. The van der Waals surface area contributed by atoms with Crippen molar-refractivity contribution in [3.8, 4) is 5.75 Å². The van der Waals surface area contributed by atoms with Crippen LogP contribution in [0.5, 0.6) is 5.75 Å². The summed E-state index contributed by atoms with van der Waals surface area (Å²) in [7, 11) is 1.57. The van der Waals surface area contributed by atoms with E-state index in [2.05, 4.69) is 5.32 Å². The maximum absolute atomic E-state index is 13.7. The number of ether oxygens (including phenoxy) is 1. The number of anilines is 2. The number of rotatable bonds is 6. The molecule has 2 aromatic carbocycles. The Kier molecular flexibility index (Phi) is 6.64. The van der Waals surface area contributed by atoms with Crippen LogP contribution >= 0.6 is 0 Å². The number of nitrogens with one attached hydrogen (secondary N) is 1. The van der Waals surface area contributed by atoms with E-state index < -0.39 is 24.5 Å². The highest BCUT2D eigenvalue weighted by Crippen LogP contribution is 2.32. The topological polar surface area (TPSA) is 44.8 Å². The third-order valence-corrected chi connectivity index (χ3v) is 5.00. The van der Waals surface area contributed by atoms with Crippen molar-refractivity contribution < 1.29 is 22.7 Å². The first kappa shape index (κ1) is 21.0. The number of nitrogens with zero attached hydrogens (tertiary/aromatic N) is 2. The van der Waals surface area contributed by atoms with Gasteiger partial charge in [0.15, 0.2) is 0 Å². The van der Waals surface area contributed by atoms with E-state index in [-0.39, 0.29) is 13.1 Å². The first-order valence-electron chi connectivity index (χ1n) is 9.42. The molecule has 5 nitrogen and oxygen atoms in total. The van der Waals surface area contributed by atoms with Crippen LogP contribution in [0.1, 0.15) is 6.42 Å². The molecule has 3 rings (SSSR count). The number of halogens is 3. The molecule has 0 spiro atoms. The third-order valence-electron chi connectivity index (χ3n) is 5.00. The first-order chi connectivity index (χ1) is 13.9. The van der Waals surface area contributed by atoms with Gasteiger partial charge in [0.05, 0.1) is 19.2 Å². The molecular weight excluding hydrogens is 383 g/mol. The number of carbonyl (C=O) groups is 1. The highest BCUT2D eigenvalue weighted by Gasteiger charge is 2.45. The molecule has 1 N–H and O–H groups in total. The normalized spacial score (nSPS) is 16.3. The van der Waals surface area contributed by atoms with Crippen LogP contribution in [-0.4, -0.2) is 56.3 Å². The number of alkyl halides is 3. The monoisotopic (exact) mass is 407 g/mol. The van der Waals surface area contributed by atoms with E-state index in [9.17, 15) is 18.0 Å². The molecule has 2 aromatic rings. The highest BCUT2D eigenvalue weighted by molar-refractivity contribution is 5.91. The Morgan fingerprint density at radius 2 is 1.66 bits per heavy atom. The van der Waals surface area contributed by atoms with Gasteiger partial charge in [-0.1, -0.05) is 30.3 Å². The van der Waals surface area contributed by atoms with Crippen molar-refractivity contribution in [1.29, 1.82) is 0 Å². The Labute approximate surface area is 168 Å². The first-order valence-corrected chi connectivity index (χ1v) is 9.42. The Balaban J connectivity index is 1.64. The summed E-state index contributed by atoms with van der Waals surface area (Å²) in [5, 5.41) is 2.54. The maximum Gasteiger partial charge on any atom is 0.404 e. The number of benzene rings is 2. The van der Waals surface area contributed by atoms with Crippen molar-refractivity contribution in [2.24, 2.45) is 0 Å². The Morgan fingerprint density at radius 3 is 2.28 bits per heavy atom. The molecule has 8 heteroatoms. The lowest BCUT2D eigenvalue weighted by Crippen LogP contribution is -2.55. The molecular formula is C21H24F3N3O2. The van der Waals surface area contributed by atoms with Crippen LogP contribution in [0.3, 0.4) is 0 Å². The maximum atomic E-state index is 13.7. The van der Waals surface area contributed by atoms with Crippen LogP contribution in [0.4, 0.5) is 24.5 Å². The summed E-state index contributed by atoms with van der Waals surface area (Å²) in [6.45, 7) is 1.27. The van der Waals surface area contributed by atoms with Gasteiger partial charge in [0.1, 0.15) is 11.8 Å². The minimum Gasteiger partial charge on any atom is -0.495 e. The van der Waals surface area contributed by atoms with Crippen molar-refractivity contribution in [3.05, 3.63) is 54.6 Å². The molecule has 156 valence electrons. The van der Waals surface area contributed by atoms with Gasteiger partial charge >= 0.3 is 6.18 Å². The van der Waals surface area contributed by atoms with Crippen molar-refractivity contribution in [3.63, 3.8) is 0 Å². The number of para-hydroxylation sites is 3. The molecule has 1 amide bonds. The van der Waals surface area contributed by atoms with Crippen LogP contribution in [0.15, 0.2) is 54.6 Å². The van der Waals surface area contributed by atoms with Crippen molar-refractivity contribution in [2.75, 3.05) is 43.5 Å². The summed E-state index contributed by atoms with van der Waals surface area (Å²) < 4.78 is 46.4. The number of hydrogen-bond acceptors (Lipinski definition) is 4. The lowest BCUT2D eigenvalue weighted by atomic mass is 10.1. The average Bonchev–Trinajstić information content (AvgIpc) is 2.72. The molecule has 0 bridgehead atoms. The summed E-state index contributed by atoms with van der Waals surface area (Å²) in [6.07, 6.45) is -5.12. The number of piperazine rings is 1. The van der Waals surface area contributed by atoms with E-state index in [0.29, 0.717) is 24.5 Å². The standard InChI is InChI=1S/C21H24F3N3O2/c1-29-18-10-6-5-9-17(18)26-11-13-27(14-12-26)19(21(22,23)24)15-20(28)25-16-7-3-2-4-8-16/h2-10,19H,11-15H2,1H3,(H,25,28). The zero-order valence-corrected chi connectivity index (χ0v) is 16.2. The van der Waals surface area contributed by atoms with Gasteiger partial charge in [-0.05, 0) is 24.3 Å². The van der Waals surface area contributed by atoms with Gasteiger partial charge in [-0.2, -0.15) is 13.2 Å². The van der Waals surface area contributed by atoms with Gasteiger partial charge in [-0.25, -0.2) is 0 Å². The fraction of sp³-hybridized carbons (Fsp3) is 0.381. The summed E-state index contributed by atoms with van der Waals surface area (Å²) >= 11 is 0. The largest absolute Gasteiger partial charge is 0.495 e. The molecule has 1 unspecified atom stereocenters. The zero-order chi connectivity index (χ0) is 20.9. The SMILES string of the molecule is COc1ccccc1N1CCN(C(CC(=O)Nc2ccccc2)C(F)(F)F)CC1. The van der Waals surface area contributed by atoms with Crippen LogP contribution in [-0.2, 0) is 4.79 Å². The predicted octanol–water partition coefficient (Wildman–Crippen LogP) is 3.78. The van der Waals surface area contributed by atoms with Crippen molar-refractivity contribution in [2.45, 2.75) is 18.6 Å².